The molecule has 14 heavy (non-hydrogen) atoms. The van der Waals surface area contributed by atoms with Crippen molar-refractivity contribution in [2.24, 2.45) is 7.05 Å². The molecule has 0 N–H and O–H groups in total. The number of hydrogen-bond donors (Lipinski definition) is 0. The van der Waals surface area contributed by atoms with Crippen molar-refractivity contribution >= 4 is 11.6 Å². The summed E-state index contributed by atoms with van der Waals surface area (Å²) >= 11 is 5.70. The predicted molar refractivity (Wildman–Crippen MR) is 52.5 cm³/mol. The molecule has 0 spiro atoms. The van der Waals surface area contributed by atoms with E-state index in [0.29, 0.717) is 16.7 Å². The van der Waals surface area contributed by atoms with Gasteiger partial charge in [0.1, 0.15) is 10.9 Å². The van der Waals surface area contributed by atoms with Crippen molar-refractivity contribution in [2.45, 2.75) is 0 Å². The van der Waals surface area contributed by atoms with Crippen molar-refractivity contribution in [1.29, 1.82) is 0 Å². The van der Waals surface area contributed by atoms with Gasteiger partial charge in [0.25, 0.3) is 0 Å². The smallest absolute Gasteiger partial charge is 0.165 e. The maximum absolute atomic E-state index is 5.70. The lowest BCUT2D eigenvalue weighted by Gasteiger charge is -2.01. The fraction of sp³-hybridized carbons (Fsp3) is 0.111. The van der Waals surface area contributed by atoms with Gasteiger partial charge in [-0.3, -0.25) is 4.68 Å². The van der Waals surface area contributed by atoms with Gasteiger partial charge in [-0.15, -0.1) is 0 Å². The molecule has 0 amide bonds. The molecular weight excluding hydrogens is 202 g/mol. The molecule has 0 saturated carbocycles. The van der Waals surface area contributed by atoms with Gasteiger partial charge in [0.05, 0.1) is 12.4 Å². The Kier molecular flexibility index (Phi) is 2.37. The summed E-state index contributed by atoms with van der Waals surface area (Å²) in [4.78, 5) is 3.85. The van der Waals surface area contributed by atoms with Crippen molar-refractivity contribution in [3.05, 3.63) is 35.9 Å². The summed E-state index contributed by atoms with van der Waals surface area (Å²) in [6, 6.07) is 3.38. The van der Waals surface area contributed by atoms with Gasteiger partial charge in [-0.2, -0.15) is 5.10 Å². The summed E-state index contributed by atoms with van der Waals surface area (Å²) in [6.45, 7) is 0. The molecule has 5 heteroatoms. The lowest BCUT2D eigenvalue weighted by atomic mass is 10.4. The van der Waals surface area contributed by atoms with Crippen LogP contribution < -0.4 is 4.74 Å². The van der Waals surface area contributed by atoms with E-state index < -0.39 is 0 Å². The predicted octanol–water partition coefficient (Wildman–Crippen LogP) is 2.26. The largest absolute Gasteiger partial charge is 0.454 e. The Bertz CT molecular complexity index is 441. The van der Waals surface area contributed by atoms with E-state index in [0.717, 1.165) is 0 Å². The maximum Gasteiger partial charge on any atom is 0.165 e. The van der Waals surface area contributed by atoms with Gasteiger partial charge in [-0.25, -0.2) is 4.98 Å². The van der Waals surface area contributed by atoms with Gasteiger partial charge in [0.2, 0.25) is 0 Å². The van der Waals surface area contributed by atoms with Crippen LogP contribution in [0.15, 0.2) is 30.7 Å². The molecule has 0 aliphatic heterocycles. The molecule has 0 aliphatic carbocycles. The van der Waals surface area contributed by atoms with Crippen LogP contribution in [0.25, 0.3) is 0 Å². The second-order valence-corrected chi connectivity index (χ2v) is 3.15. The van der Waals surface area contributed by atoms with Crippen LogP contribution in [0.2, 0.25) is 5.15 Å². The van der Waals surface area contributed by atoms with Crippen LogP contribution in [0.3, 0.4) is 0 Å². The van der Waals surface area contributed by atoms with Gasteiger partial charge in [-0.05, 0) is 6.07 Å². The molecule has 0 atom stereocenters. The van der Waals surface area contributed by atoms with Gasteiger partial charge in [0, 0.05) is 19.3 Å². The highest BCUT2D eigenvalue weighted by atomic mass is 35.5. The number of nitrogens with zero attached hydrogens (tertiary/aromatic N) is 3. The zero-order valence-electron chi connectivity index (χ0n) is 7.51. The Morgan fingerprint density at radius 3 is 2.93 bits per heavy atom. The van der Waals surface area contributed by atoms with Crippen LogP contribution in [0.4, 0.5) is 0 Å². The summed E-state index contributed by atoms with van der Waals surface area (Å²) in [5.74, 6) is 1.33. The second kappa shape index (κ2) is 3.67. The summed E-state index contributed by atoms with van der Waals surface area (Å²) < 4.78 is 7.14. The fourth-order valence-electron chi connectivity index (χ4n) is 1.04. The number of rotatable bonds is 2. The Morgan fingerprint density at radius 1 is 1.43 bits per heavy atom. The van der Waals surface area contributed by atoms with E-state index in [2.05, 4.69) is 10.1 Å². The zero-order chi connectivity index (χ0) is 9.97. The molecule has 2 aromatic heterocycles. The summed E-state index contributed by atoms with van der Waals surface area (Å²) in [5, 5.41) is 4.39. The topological polar surface area (TPSA) is 39.9 Å². The third-order valence-corrected chi connectivity index (χ3v) is 1.82. The molecule has 0 bridgehead atoms. The maximum atomic E-state index is 5.70. The number of hydrogen-bond acceptors (Lipinski definition) is 3. The molecule has 0 aromatic carbocycles. The quantitative estimate of drug-likeness (QED) is 0.713. The normalized spacial score (nSPS) is 10.1. The van der Waals surface area contributed by atoms with E-state index in [-0.39, 0.29) is 0 Å². The molecule has 0 unspecified atom stereocenters. The molecule has 72 valence electrons. The van der Waals surface area contributed by atoms with Crippen LogP contribution in [-0.4, -0.2) is 14.8 Å². The van der Waals surface area contributed by atoms with Crippen LogP contribution in [-0.2, 0) is 7.05 Å². The van der Waals surface area contributed by atoms with Gasteiger partial charge >= 0.3 is 0 Å². The number of halogens is 1. The Balaban J connectivity index is 2.18. The molecule has 4 nitrogen and oxygen atoms in total. The highest BCUT2D eigenvalue weighted by Gasteiger charge is 2.00. The molecule has 0 radical (unpaired) electrons. The first-order valence-electron chi connectivity index (χ1n) is 4.02. The Hall–Kier alpha value is -1.55. The van der Waals surface area contributed by atoms with Crippen molar-refractivity contribution in [2.75, 3.05) is 0 Å². The monoisotopic (exact) mass is 209 g/mol. The lowest BCUT2D eigenvalue weighted by Crippen LogP contribution is -1.85. The van der Waals surface area contributed by atoms with Crippen LogP contribution >= 0.6 is 11.6 Å². The van der Waals surface area contributed by atoms with Crippen molar-refractivity contribution < 1.29 is 4.74 Å². The minimum Gasteiger partial charge on any atom is -0.454 e. The molecule has 2 heterocycles. The van der Waals surface area contributed by atoms with Crippen molar-refractivity contribution in [3.63, 3.8) is 0 Å². The zero-order valence-corrected chi connectivity index (χ0v) is 8.27. The molecular formula is C9H8ClN3O. The van der Waals surface area contributed by atoms with E-state index in [1.165, 1.54) is 0 Å². The van der Waals surface area contributed by atoms with Gasteiger partial charge < -0.3 is 4.74 Å². The molecule has 2 aromatic rings. The summed E-state index contributed by atoms with van der Waals surface area (Å²) in [6.07, 6.45) is 5.00. The van der Waals surface area contributed by atoms with Crippen LogP contribution in [0.5, 0.6) is 11.5 Å². The number of ether oxygens (including phenoxy) is 1. The average molecular weight is 210 g/mol. The molecule has 0 aliphatic rings. The fourth-order valence-corrected chi connectivity index (χ4v) is 1.20. The summed E-state index contributed by atoms with van der Waals surface area (Å²) in [5.41, 5.74) is 0. The molecule has 0 fully saturated rings. The highest BCUT2D eigenvalue weighted by Crippen LogP contribution is 2.21. The number of pyridine rings is 1. The SMILES string of the molecule is Cn1cc(Oc2ccnc(Cl)c2)cn1. The van der Waals surface area contributed by atoms with Gasteiger partial charge in [-0.1, -0.05) is 11.6 Å². The summed E-state index contributed by atoms with van der Waals surface area (Å²) in [7, 11) is 1.83. The highest BCUT2D eigenvalue weighted by molar-refractivity contribution is 6.29. The van der Waals surface area contributed by atoms with Gasteiger partial charge in [0.15, 0.2) is 5.75 Å². The molecule has 0 saturated heterocycles. The standard InChI is InChI=1S/C9H8ClN3O/c1-13-6-8(5-12-13)14-7-2-3-11-9(10)4-7/h2-6H,1H3. The van der Waals surface area contributed by atoms with E-state index >= 15 is 0 Å². The average Bonchev–Trinajstić information content (AvgIpc) is 2.51. The molecule has 2 rings (SSSR count). The minimum atomic E-state index is 0.409. The first kappa shape index (κ1) is 9.02. The van der Waals surface area contributed by atoms with E-state index in [4.69, 9.17) is 16.3 Å². The van der Waals surface area contributed by atoms with E-state index in [9.17, 15) is 0 Å². The third-order valence-electron chi connectivity index (χ3n) is 1.61. The van der Waals surface area contributed by atoms with Crippen LogP contribution in [0.1, 0.15) is 0 Å². The third kappa shape index (κ3) is 2.03. The number of aryl methyl sites for hydroxylation is 1. The van der Waals surface area contributed by atoms with Crippen molar-refractivity contribution in [3.8, 4) is 11.5 Å². The van der Waals surface area contributed by atoms with E-state index in [1.54, 1.807) is 35.4 Å². The number of aromatic nitrogens is 3. The Morgan fingerprint density at radius 2 is 2.29 bits per heavy atom. The first-order chi connectivity index (χ1) is 6.74. The first-order valence-corrected chi connectivity index (χ1v) is 4.40. The minimum absolute atomic E-state index is 0.409. The Labute approximate surface area is 86.1 Å². The van der Waals surface area contributed by atoms with E-state index in [1.807, 2.05) is 7.05 Å². The lowest BCUT2D eigenvalue weighted by molar-refractivity contribution is 0.481. The van der Waals surface area contributed by atoms with Crippen molar-refractivity contribution in [1.82, 2.24) is 14.8 Å². The second-order valence-electron chi connectivity index (χ2n) is 2.77. The van der Waals surface area contributed by atoms with Crippen LogP contribution in [0, 0.1) is 0 Å².